The molecule has 0 amide bonds. The molecular weight excluding hydrogens is 411 g/mol. The van der Waals surface area contributed by atoms with E-state index < -0.39 is 0 Å². The number of rotatable bonds is 3. The Balaban J connectivity index is 0.00000144. The Labute approximate surface area is 113 Å². The van der Waals surface area contributed by atoms with Gasteiger partial charge in [-0.1, -0.05) is 13.3 Å². The molecule has 13 heavy (non-hydrogen) atoms. The standard InChI is InChI=1S/C8H13Br2N2.HI/c1-3-4-5-12-6-11(2)7(9)8(12)10;/h6H,3-5H2,1-2H3;1H/q+1;/p-1. The van der Waals surface area contributed by atoms with Crippen LogP contribution < -0.4 is 28.5 Å². The topological polar surface area (TPSA) is 8.81 Å². The first-order valence-corrected chi connectivity index (χ1v) is 5.65. The van der Waals surface area contributed by atoms with Crippen LogP contribution in [0.1, 0.15) is 19.8 Å². The van der Waals surface area contributed by atoms with E-state index in [1.54, 1.807) is 0 Å². The van der Waals surface area contributed by atoms with Crippen LogP contribution in [0.15, 0.2) is 15.5 Å². The van der Waals surface area contributed by atoms with E-state index in [1.165, 1.54) is 12.8 Å². The Kier molecular flexibility index (Phi) is 6.84. The molecule has 0 saturated heterocycles. The molecule has 1 heterocycles. The molecule has 0 spiro atoms. The zero-order valence-corrected chi connectivity index (χ0v) is 13.1. The molecule has 0 aliphatic heterocycles. The van der Waals surface area contributed by atoms with Gasteiger partial charge >= 0.3 is 0 Å². The predicted octanol–water partition coefficient (Wildman–Crippen LogP) is -0.358. The van der Waals surface area contributed by atoms with Crippen molar-refractivity contribution in [3.8, 4) is 0 Å². The summed E-state index contributed by atoms with van der Waals surface area (Å²) in [4.78, 5) is 0. The molecule has 0 saturated carbocycles. The van der Waals surface area contributed by atoms with Gasteiger partial charge < -0.3 is 24.0 Å². The van der Waals surface area contributed by atoms with Crippen LogP contribution in [0.5, 0.6) is 0 Å². The third-order valence-electron chi connectivity index (χ3n) is 1.80. The number of aryl methyl sites for hydroxylation is 2. The molecule has 0 aliphatic rings. The number of nitrogens with zero attached hydrogens (tertiary/aromatic N) is 2. The Morgan fingerprint density at radius 1 is 1.46 bits per heavy atom. The number of hydrogen-bond acceptors (Lipinski definition) is 0. The van der Waals surface area contributed by atoms with Gasteiger partial charge in [-0.05, 0) is 6.42 Å². The highest BCUT2D eigenvalue weighted by Gasteiger charge is 2.15. The summed E-state index contributed by atoms with van der Waals surface area (Å²) in [5.74, 6) is 0. The summed E-state index contributed by atoms with van der Waals surface area (Å²) < 4.78 is 6.48. The Bertz CT molecular complexity index is 273. The van der Waals surface area contributed by atoms with Crippen LogP contribution in [-0.2, 0) is 13.6 Å². The van der Waals surface area contributed by atoms with E-state index in [4.69, 9.17) is 0 Å². The molecule has 0 atom stereocenters. The molecule has 0 bridgehead atoms. The summed E-state index contributed by atoms with van der Waals surface area (Å²) in [7, 11) is 2.03. The molecule has 2 nitrogen and oxygen atoms in total. The first kappa shape index (κ1) is 13.9. The Hall–Kier alpha value is 0.900. The molecule has 1 aromatic heterocycles. The molecule has 0 fully saturated rings. The molecule has 0 aromatic carbocycles. The van der Waals surface area contributed by atoms with Crippen LogP contribution in [0, 0.1) is 0 Å². The van der Waals surface area contributed by atoms with Gasteiger partial charge in [-0.15, -0.1) is 0 Å². The summed E-state index contributed by atoms with van der Waals surface area (Å²) in [6.07, 6.45) is 4.54. The lowest BCUT2D eigenvalue weighted by atomic mass is 10.3. The summed E-state index contributed by atoms with van der Waals surface area (Å²) >= 11 is 7.01. The van der Waals surface area contributed by atoms with Gasteiger partial charge in [0.25, 0.3) is 0 Å². The average molecular weight is 424 g/mol. The third kappa shape index (κ3) is 3.51. The average Bonchev–Trinajstić information content (AvgIpc) is 2.30. The highest BCUT2D eigenvalue weighted by atomic mass is 127. The second kappa shape index (κ2) is 6.40. The zero-order chi connectivity index (χ0) is 9.14. The largest absolute Gasteiger partial charge is 1.00 e. The zero-order valence-electron chi connectivity index (χ0n) is 7.73. The summed E-state index contributed by atoms with van der Waals surface area (Å²) in [5.41, 5.74) is 0. The molecule has 5 heteroatoms. The summed E-state index contributed by atoms with van der Waals surface area (Å²) in [6, 6.07) is 0. The van der Waals surface area contributed by atoms with E-state index in [9.17, 15) is 0 Å². The Morgan fingerprint density at radius 3 is 2.46 bits per heavy atom. The first-order chi connectivity index (χ1) is 5.66. The quantitative estimate of drug-likeness (QED) is 0.464. The van der Waals surface area contributed by atoms with Crippen molar-refractivity contribution in [1.82, 2.24) is 4.57 Å². The summed E-state index contributed by atoms with van der Waals surface area (Å²) in [6.45, 7) is 3.28. The van der Waals surface area contributed by atoms with Crippen molar-refractivity contribution in [3.63, 3.8) is 0 Å². The van der Waals surface area contributed by atoms with Gasteiger partial charge in [0.1, 0.15) is 0 Å². The molecule has 1 rings (SSSR count). The lowest BCUT2D eigenvalue weighted by Gasteiger charge is -1.93. The van der Waals surface area contributed by atoms with Crippen LogP contribution in [-0.4, -0.2) is 4.57 Å². The number of unbranched alkanes of at least 4 members (excludes halogenated alkanes) is 1. The minimum Gasteiger partial charge on any atom is -1.00 e. The van der Waals surface area contributed by atoms with Crippen LogP contribution in [0.2, 0.25) is 0 Å². The van der Waals surface area contributed by atoms with E-state index in [0.717, 1.165) is 15.8 Å². The normalized spacial score (nSPS) is 9.85. The van der Waals surface area contributed by atoms with Crippen LogP contribution in [0.25, 0.3) is 0 Å². The fraction of sp³-hybridized carbons (Fsp3) is 0.625. The van der Waals surface area contributed by atoms with Crippen molar-refractivity contribution in [2.75, 3.05) is 0 Å². The molecular formula is C8H13Br2IN2. The number of hydrogen-bond donors (Lipinski definition) is 0. The number of imidazole rings is 1. The Morgan fingerprint density at radius 2 is 2.08 bits per heavy atom. The van der Waals surface area contributed by atoms with Crippen molar-refractivity contribution < 1.29 is 28.5 Å². The molecule has 76 valence electrons. The highest BCUT2D eigenvalue weighted by molar-refractivity contribution is 9.13. The maximum atomic E-state index is 3.53. The summed E-state index contributed by atoms with van der Waals surface area (Å²) in [5, 5.41) is 0. The van der Waals surface area contributed by atoms with Crippen molar-refractivity contribution in [2.24, 2.45) is 7.05 Å². The van der Waals surface area contributed by atoms with Gasteiger partial charge in [-0.3, -0.25) is 0 Å². The van der Waals surface area contributed by atoms with Crippen molar-refractivity contribution in [2.45, 2.75) is 26.3 Å². The lowest BCUT2D eigenvalue weighted by Crippen LogP contribution is -3.00. The molecule has 0 aliphatic carbocycles. The maximum absolute atomic E-state index is 3.53. The number of aromatic nitrogens is 2. The second-order valence-corrected chi connectivity index (χ2v) is 4.36. The highest BCUT2D eigenvalue weighted by Crippen LogP contribution is 2.19. The smallest absolute Gasteiger partial charge is 0.245 e. The van der Waals surface area contributed by atoms with Crippen molar-refractivity contribution in [3.05, 3.63) is 15.5 Å². The molecule has 0 unspecified atom stereocenters. The van der Waals surface area contributed by atoms with Crippen LogP contribution in [0.4, 0.5) is 0 Å². The van der Waals surface area contributed by atoms with Gasteiger partial charge in [0.2, 0.25) is 15.5 Å². The minimum absolute atomic E-state index is 0. The van der Waals surface area contributed by atoms with Gasteiger partial charge in [0.15, 0.2) is 0 Å². The van der Waals surface area contributed by atoms with Crippen LogP contribution in [0.3, 0.4) is 0 Å². The number of halogens is 3. The monoisotopic (exact) mass is 422 g/mol. The van der Waals surface area contributed by atoms with Gasteiger partial charge in [-0.25, -0.2) is 9.13 Å². The maximum Gasteiger partial charge on any atom is 0.245 e. The van der Waals surface area contributed by atoms with Gasteiger partial charge in [0, 0.05) is 31.9 Å². The van der Waals surface area contributed by atoms with Crippen LogP contribution >= 0.6 is 31.9 Å². The first-order valence-electron chi connectivity index (χ1n) is 4.06. The fourth-order valence-corrected chi connectivity index (χ4v) is 1.93. The van der Waals surface area contributed by atoms with Gasteiger partial charge in [0.05, 0.1) is 13.6 Å². The second-order valence-electron chi connectivity index (χ2n) is 2.85. The predicted molar refractivity (Wildman–Crippen MR) is 55.9 cm³/mol. The lowest BCUT2D eigenvalue weighted by molar-refractivity contribution is -0.682. The van der Waals surface area contributed by atoms with Crippen molar-refractivity contribution >= 4 is 31.9 Å². The molecule has 1 aromatic rings. The van der Waals surface area contributed by atoms with E-state index in [2.05, 4.69) is 54.2 Å². The van der Waals surface area contributed by atoms with Gasteiger partial charge in [-0.2, -0.15) is 0 Å². The fourth-order valence-electron chi connectivity index (χ4n) is 1.06. The van der Waals surface area contributed by atoms with E-state index in [-0.39, 0.29) is 24.0 Å². The molecule has 0 radical (unpaired) electrons. The van der Waals surface area contributed by atoms with E-state index in [1.807, 2.05) is 7.05 Å². The van der Waals surface area contributed by atoms with E-state index in [0.29, 0.717) is 0 Å². The van der Waals surface area contributed by atoms with Crippen molar-refractivity contribution in [1.29, 1.82) is 0 Å². The van der Waals surface area contributed by atoms with E-state index >= 15 is 0 Å². The minimum atomic E-state index is 0. The third-order valence-corrected chi connectivity index (χ3v) is 4.10. The SMILES string of the molecule is CCCCn1c[n+](C)c(Br)c1Br.[I-]. The molecule has 0 N–H and O–H groups in total.